The fraction of sp³-hybridized carbons (Fsp3) is 0.350. The average molecular weight is 295 g/mol. The minimum absolute atomic E-state index is 0.0607. The summed E-state index contributed by atoms with van der Waals surface area (Å²) in [5.74, 6) is 0.644. The number of hydrogen-bond acceptors (Lipinski definition) is 1. The van der Waals surface area contributed by atoms with Gasteiger partial charge < -0.3 is 5.32 Å². The summed E-state index contributed by atoms with van der Waals surface area (Å²) in [4.78, 5) is 12.9. The predicted molar refractivity (Wildman–Crippen MR) is 91.8 cm³/mol. The van der Waals surface area contributed by atoms with Crippen LogP contribution in [0.15, 0.2) is 60.7 Å². The molecule has 0 aliphatic rings. The van der Waals surface area contributed by atoms with E-state index in [2.05, 4.69) is 19.2 Å². The lowest BCUT2D eigenvalue weighted by Crippen LogP contribution is -2.43. The highest BCUT2D eigenvalue weighted by Crippen LogP contribution is 2.32. The van der Waals surface area contributed by atoms with Crippen molar-refractivity contribution in [3.05, 3.63) is 71.8 Å². The van der Waals surface area contributed by atoms with Gasteiger partial charge in [-0.3, -0.25) is 4.79 Å². The van der Waals surface area contributed by atoms with E-state index >= 15 is 0 Å². The Bertz CT molecular complexity index is 550. The van der Waals surface area contributed by atoms with Crippen molar-refractivity contribution in [2.45, 2.75) is 32.6 Å². The van der Waals surface area contributed by atoms with Crippen LogP contribution in [0.25, 0.3) is 0 Å². The standard InChI is InChI=1S/C20H25NO/c1-16(2)14-15-21-19(22)20(3,17-10-6-4-7-11-17)18-12-8-5-9-13-18/h4-13,16H,14-15H2,1-3H3,(H,21,22). The van der Waals surface area contributed by atoms with Crippen LogP contribution in [0.4, 0.5) is 0 Å². The summed E-state index contributed by atoms with van der Waals surface area (Å²) in [6.45, 7) is 7.05. The first-order chi connectivity index (χ1) is 10.5. The Morgan fingerprint density at radius 2 is 1.41 bits per heavy atom. The van der Waals surface area contributed by atoms with Gasteiger partial charge >= 0.3 is 0 Å². The van der Waals surface area contributed by atoms with Crippen LogP contribution in [-0.2, 0) is 10.2 Å². The molecule has 0 atom stereocenters. The molecule has 0 heterocycles. The molecule has 2 rings (SSSR count). The summed E-state index contributed by atoms with van der Waals surface area (Å²) < 4.78 is 0. The van der Waals surface area contributed by atoms with E-state index in [1.54, 1.807) is 0 Å². The number of carbonyl (C=O) groups is 1. The van der Waals surface area contributed by atoms with Crippen molar-refractivity contribution in [2.24, 2.45) is 5.92 Å². The van der Waals surface area contributed by atoms with Crippen molar-refractivity contribution in [1.82, 2.24) is 5.32 Å². The molecule has 0 aliphatic carbocycles. The second kappa shape index (κ2) is 7.26. The molecule has 0 aliphatic heterocycles. The molecule has 2 heteroatoms. The molecule has 1 amide bonds. The van der Waals surface area contributed by atoms with E-state index in [0.717, 1.165) is 17.5 Å². The Morgan fingerprint density at radius 1 is 0.955 bits per heavy atom. The molecule has 116 valence electrons. The second-order valence-electron chi connectivity index (χ2n) is 6.30. The molecular weight excluding hydrogens is 270 g/mol. The van der Waals surface area contributed by atoms with Gasteiger partial charge in [0, 0.05) is 6.54 Å². The Balaban J connectivity index is 2.32. The van der Waals surface area contributed by atoms with E-state index in [9.17, 15) is 4.79 Å². The van der Waals surface area contributed by atoms with Crippen molar-refractivity contribution in [3.8, 4) is 0 Å². The van der Waals surface area contributed by atoms with E-state index in [1.165, 1.54) is 0 Å². The van der Waals surface area contributed by atoms with Gasteiger partial charge in [-0.15, -0.1) is 0 Å². The number of carbonyl (C=O) groups excluding carboxylic acids is 1. The first-order valence-corrected chi connectivity index (χ1v) is 7.94. The Hall–Kier alpha value is -2.09. The zero-order valence-electron chi connectivity index (χ0n) is 13.7. The Labute approximate surface area is 133 Å². The molecule has 0 unspecified atom stereocenters. The fourth-order valence-electron chi connectivity index (χ4n) is 2.62. The number of hydrogen-bond donors (Lipinski definition) is 1. The topological polar surface area (TPSA) is 29.1 Å². The van der Waals surface area contributed by atoms with Crippen molar-refractivity contribution < 1.29 is 4.79 Å². The maximum Gasteiger partial charge on any atom is 0.234 e. The third kappa shape index (κ3) is 3.56. The third-order valence-electron chi connectivity index (χ3n) is 4.16. The molecule has 0 radical (unpaired) electrons. The van der Waals surface area contributed by atoms with Crippen LogP contribution in [0.5, 0.6) is 0 Å². The van der Waals surface area contributed by atoms with E-state index in [0.29, 0.717) is 12.5 Å². The highest BCUT2D eigenvalue weighted by molar-refractivity contribution is 5.91. The first kappa shape index (κ1) is 16.3. The Morgan fingerprint density at radius 3 is 1.82 bits per heavy atom. The minimum atomic E-state index is -0.667. The SMILES string of the molecule is CC(C)CCNC(=O)C(C)(c1ccccc1)c1ccccc1. The summed E-state index contributed by atoms with van der Waals surface area (Å²) in [6, 6.07) is 20.0. The zero-order valence-corrected chi connectivity index (χ0v) is 13.7. The number of amides is 1. The molecule has 2 aromatic carbocycles. The molecule has 0 saturated carbocycles. The highest BCUT2D eigenvalue weighted by atomic mass is 16.2. The van der Waals surface area contributed by atoms with Crippen LogP contribution in [0.2, 0.25) is 0 Å². The van der Waals surface area contributed by atoms with Gasteiger partial charge in [0.1, 0.15) is 0 Å². The average Bonchev–Trinajstić information content (AvgIpc) is 2.55. The summed E-state index contributed by atoms with van der Waals surface area (Å²) >= 11 is 0. The lowest BCUT2D eigenvalue weighted by Gasteiger charge is -2.30. The van der Waals surface area contributed by atoms with Gasteiger partial charge in [0.2, 0.25) is 5.91 Å². The maximum atomic E-state index is 12.9. The van der Waals surface area contributed by atoms with Gasteiger partial charge in [-0.25, -0.2) is 0 Å². The van der Waals surface area contributed by atoms with Crippen molar-refractivity contribution in [2.75, 3.05) is 6.54 Å². The maximum absolute atomic E-state index is 12.9. The quantitative estimate of drug-likeness (QED) is 0.852. The molecule has 1 N–H and O–H groups in total. The number of rotatable bonds is 6. The van der Waals surface area contributed by atoms with Gasteiger partial charge in [-0.05, 0) is 30.4 Å². The second-order valence-corrected chi connectivity index (χ2v) is 6.30. The summed E-state index contributed by atoms with van der Waals surface area (Å²) in [7, 11) is 0. The van der Waals surface area contributed by atoms with Crippen molar-refractivity contribution in [1.29, 1.82) is 0 Å². The molecule has 22 heavy (non-hydrogen) atoms. The van der Waals surface area contributed by atoms with Gasteiger partial charge in [-0.1, -0.05) is 74.5 Å². The van der Waals surface area contributed by atoms with Crippen LogP contribution < -0.4 is 5.32 Å². The molecule has 0 bridgehead atoms. The van der Waals surface area contributed by atoms with E-state index < -0.39 is 5.41 Å². The molecule has 0 saturated heterocycles. The van der Waals surface area contributed by atoms with E-state index in [1.807, 2.05) is 67.6 Å². The lowest BCUT2D eigenvalue weighted by atomic mass is 9.75. The van der Waals surface area contributed by atoms with Crippen molar-refractivity contribution in [3.63, 3.8) is 0 Å². The van der Waals surface area contributed by atoms with Crippen LogP contribution in [0.3, 0.4) is 0 Å². The van der Waals surface area contributed by atoms with Crippen LogP contribution >= 0.6 is 0 Å². The summed E-state index contributed by atoms with van der Waals surface area (Å²) in [5.41, 5.74) is 1.37. The van der Waals surface area contributed by atoms with Crippen LogP contribution in [-0.4, -0.2) is 12.5 Å². The summed E-state index contributed by atoms with van der Waals surface area (Å²) in [6.07, 6.45) is 0.991. The van der Waals surface area contributed by atoms with Gasteiger partial charge in [0.15, 0.2) is 0 Å². The van der Waals surface area contributed by atoms with Gasteiger partial charge in [0.05, 0.1) is 5.41 Å². The number of nitrogens with one attached hydrogen (secondary N) is 1. The molecule has 0 fully saturated rings. The van der Waals surface area contributed by atoms with E-state index in [4.69, 9.17) is 0 Å². The Kier molecular flexibility index (Phi) is 5.37. The van der Waals surface area contributed by atoms with Crippen molar-refractivity contribution >= 4 is 5.91 Å². The number of benzene rings is 2. The molecular formula is C20H25NO. The van der Waals surface area contributed by atoms with Gasteiger partial charge in [-0.2, -0.15) is 0 Å². The van der Waals surface area contributed by atoms with Crippen LogP contribution in [0, 0.1) is 5.92 Å². The fourth-order valence-corrected chi connectivity index (χ4v) is 2.62. The zero-order chi connectivity index (χ0) is 16.0. The minimum Gasteiger partial charge on any atom is -0.355 e. The predicted octanol–water partition coefficient (Wildman–Crippen LogP) is 4.15. The van der Waals surface area contributed by atoms with E-state index in [-0.39, 0.29) is 5.91 Å². The van der Waals surface area contributed by atoms with Crippen LogP contribution in [0.1, 0.15) is 38.3 Å². The smallest absolute Gasteiger partial charge is 0.234 e. The van der Waals surface area contributed by atoms with Gasteiger partial charge in [0.25, 0.3) is 0 Å². The molecule has 2 aromatic rings. The normalized spacial score (nSPS) is 11.5. The first-order valence-electron chi connectivity index (χ1n) is 7.94. The molecule has 0 spiro atoms. The monoisotopic (exact) mass is 295 g/mol. The molecule has 2 nitrogen and oxygen atoms in total. The lowest BCUT2D eigenvalue weighted by molar-refractivity contribution is -0.124. The largest absolute Gasteiger partial charge is 0.355 e. The summed E-state index contributed by atoms with van der Waals surface area (Å²) in [5, 5.41) is 3.11. The highest BCUT2D eigenvalue weighted by Gasteiger charge is 2.36. The third-order valence-corrected chi connectivity index (χ3v) is 4.16. The molecule has 0 aromatic heterocycles.